The molecule has 0 radical (unpaired) electrons. The van der Waals surface area contributed by atoms with Crippen molar-refractivity contribution in [3.05, 3.63) is 17.5 Å². The molecule has 1 aromatic rings. The summed E-state index contributed by atoms with van der Waals surface area (Å²) in [6.45, 7) is 2.16. The van der Waals surface area contributed by atoms with Crippen molar-refractivity contribution in [3.63, 3.8) is 0 Å². The van der Waals surface area contributed by atoms with Gasteiger partial charge in [-0.3, -0.25) is 4.68 Å². The van der Waals surface area contributed by atoms with Crippen LogP contribution in [0.3, 0.4) is 0 Å². The van der Waals surface area contributed by atoms with E-state index in [0.29, 0.717) is 6.04 Å². The molecular formula is C14H25N3. The minimum atomic E-state index is 0.468. The van der Waals surface area contributed by atoms with Crippen molar-refractivity contribution in [2.75, 3.05) is 7.05 Å². The van der Waals surface area contributed by atoms with Crippen LogP contribution in [0.2, 0.25) is 0 Å². The molecule has 0 aliphatic heterocycles. The van der Waals surface area contributed by atoms with Crippen LogP contribution in [0.15, 0.2) is 6.07 Å². The molecule has 17 heavy (non-hydrogen) atoms. The van der Waals surface area contributed by atoms with Crippen LogP contribution in [-0.4, -0.2) is 16.8 Å². The molecule has 1 heterocycles. The standard InChI is InChI=1S/C14H25N3/c1-4-12-10-14(17(3)16-12)13(15-2)9-11-7-5-6-8-11/h10-11,13,15H,4-9H2,1-3H3. The molecule has 1 fully saturated rings. The van der Waals surface area contributed by atoms with Crippen molar-refractivity contribution < 1.29 is 0 Å². The molecule has 1 aromatic heterocycles. The summed E-state index contributed by atoms with van der Waals surface area (Å²) in [5, 5.41) is 8.01. The minimum absolute atomic E-state index is 0.468. The van der Waals surface area contributed by atoms with E-state index in [1.807, 2.05) is 0 Å². The van der Waals surface area contributed by atoms with E-state index in [-0.39, 0.29) is 0 Å². The number of rotatable bonds is 5. The SMILES string of the molecule is CCc1cc(C(CC2CCCC2)NC)n(C)n1. The van der Waals surface area contributed by atoms with Gasteiger partial charge in [-0.2, -0.15) is 5.10 Å². The lowest BCUT2D eigenvalue weighted by Crippen LogP contribution is -2.21. The Morgan fingerprint density at radius 1 is 1.47 bits per heavy atom. The first kappa shape index (κ1) is 12.6. The van der Waals surface area contributed by atoms with Crippen LogP contribution in [0.1, 0.15) is 56.5 Å². The first-order valence-corrected chi connectivity index (χ1v) is 6.94. The molecule has 96 valence electrons. The summed E-state index contributed by atoms with van der Waals surface area (Å²) in [6.07, 6.45) is 7.96. The predicted octanol–water partition coefficient (Wildman–Crippen LogP) is 2.82. The van der Waals surface area contributed by atoms with Crippen LogP contribution in [0.4, 0.5) is 0 Å². The monoisotopic (exact) mass is 235 g/mol. The molecule has 1 atom stereocenters. The van der Waals surface area contributed by atoms with E-state index in [1.54, 1.807) is 0 Å². The molecule has 1 aliphatic carbocycles. The Kier molecular flexibility index (Phi) is 4.21. The highest BCUT2D eigenvalue weighted by Crippen LogP contribution is 2.32. The molecule has 0 saturated heterocycles. The summed E-state index contributed by atoms with van der Waals surface area (Å²) in [4.78, 5) is 0. The summed E-state index contributed by atoms with van der Waals surface area (Å²) in [5.41, 5.74) is 2.55. The van der Waals surface area contributed by atoms with Crippen LogP contribution >= 0.6 is 0 Å². The van der Waals surface area contributed by atoms with Gasteiger partial charge in [0.1, 0.15) is 0 Å². The van der Waals surface area contributed by atoms with Gasteiger partial charge in [-0.1, -0.05) is 32.6 Å². The number of aromatic nitrogens is 2. The number of aryl methyl sites for hydroxylation is 2. The summed E-state index contributed by atoms with van der Waals surface area (Å²) < 4.78 is 2.05. The third kappa shape index (κ3) is 2.89. The number of hydrogen-bond donors (Lipinski definition) is 1. The summed E-state index contributed by atoms with van der Waals surface area (Å²) in [5.74, 6) is 0.910. The average Bonchev–Trinajstić information content (AvgIpc) is 2.95. The van der Waals surface area contributed by atoms with Crippen LogP contribution in [0, 0.1) is 5.92 Å². The van der Waals surface area contributed by atoms with Crippen molar-refractivity contribution in [1.29, 1.82) is 0 Å². The molecule has 1 unspecified atom stereocenters. The quantitative estimate of drug-likeness (QED) is 0.850. The Labute approximate surface area is 105 Å². The Balaban J connectivity index is 2.07. The van der Waals surface area contributed by atoms with E-state index in [9.17, 15) is 0 Å². The molecule has 1 N–H and O–H groups in total. The van der Waals surface area contributed by atoms with Gasteiger partial charge < -0.3 is 5.32 Å². The Morgan fingerprint density at radius 3 is 2.71 bits per heavy atom. The topological polar surface area (TPSA) is 29.9 Å². The normalized spacial score (nSPS) is 18.8. The van der Waals surface area contributed by atoms with E-state index in [2.05, 4.69) is 42.2 Å². The second-order valence-corrected chi connectivity index (χ2v) is 5.27. The summed E-state index contributed by atoms with van der Waals surface area (Å²) >= 11 is 0. The van der Waals surface area contributed by atoms with Gasteiger partial charge in [-0.05, 0) is 31.9 Å². The molecule has 0 aromatic carbocycles. The third-order valence-electron chi connectivity index (χ3n) is 4.08. The highest BCUT2D eigenvalue weighted by molar-refractivity contribution is 5.14. The van der Waals surface area contributed by atoms with Gasteiger partial charge in [-0.15, -0.1) is 0 Å². The van der Waals surface area contributed by atoms with Crippen LogP contribution in [0.5, 0.6) is 0 Å². The zero-order chi connectivity index (χ0) is 12.3. The molecule has 0 spiro atoms. The maximum Gasteiger partial charge on any atom is 0.0625 e. The van der Waals surface area contributed by atoms with Crippen LogP contribution in [0.25, 0.3) is 0 Å². The van der Waals surface area contributed by atoms with Crippen LogP contribution in [-0.2, 0) is 13.5 Å². The average molecular weight is 235 g/mol. The fraction of sp³-hybridized carbons (Fsp3) is 0.786. The number of nitrogens with one attached hydrogen (secondary N) is 1. The van der Waals surface area contributed by atoms with Gasteiger partial charge in [-0.25, -0.2) is 0 Å². The van der Waals surface area contributed by atoms with Gasteiger partial charge >= 0.3 is 0 Å². The van der Waals surface area contributed by atoms with Crippen molar-refractivity contribution in [2.24, 2.45) is 13.0 Å². The Morgan fingerprint density at radius 2 is 2.18 bits per heavy atom. The third-order valence-corrected chi connectivity index (χ3v) is 4.08. The summed E-state index contributed by atoms with van der Waals surface area (Å²) in [6, 6.07) is 2.73. The van der Waals surface area contributed by atoms with E-state index in [1.165, 1.54) is 43.5 Å². The van der Waals surface area contributed by atoms with Gasteiger partial charge in [0, 0.05) is 13.1 Å². The molecule has 3 nitrogen and oxygen atoms in total. The molecule has 0 bridgehead atoms. The largest absolute Gasteiger partial charge is 0.312 e. The van der Waals surface area contributed by atoms with Crippen molar-refractivity contribution in [2.45, 2.75) is 51.5 Å². The smallest absolute Gasteiger partial charge is 0.0625 e. The number of hydrogen-bond acceptors (Lipinski definition) is 2. The maximum absolute atomic E-state index is 4.55. The van der Waals surface area contributed by atoms with Crippen molar-refractivity contribution in [1.82, 2.24) is 15.1 Å². The highest BCUT2D eigenvalue weighted by Gasteiger charge is 2.22. The van der Waals surface area contributed by atoms with Gasteiger partial charge in [0.15, 0.2) is 0 Å². The molecule has 3 heteroatoms. The summed E-state index contributed by atoms with van der Waals surface area (Å²) in [7, 11) is 4.13. The van der Waals surface area contributed by atoms with E-state index in [4.69, 9.17) is 0 Å². The van der Waals surface area contributed by atoms with Gasteiger partial charge in [0.05, 0.1) is 11.4 Å². The molecule has 1 saturated carbocycles. The zero-order valence-corrected chi connectivity index (χ0v) is 11.4. The Bertz CT molecular complexity index is 350. The highest BCUT2D eigenvalue weighted by atomic mass is 15.3. The lowest BCUT2D eigenvalue weighted by molar-refractivity contribution is 0.398. The molecule has 1 aliphatic rings. The van der Waals surface area contributed by atoms with E-state index < -0.39 is 0 Å². The van der Waals surface area contributed by atoms with Gasteiger partial charge in [0.2, 0.25) is 0 Å². The first-order chi connectivity index (χ1) is 8.24. The molecule has 2 rings (SSSR count). The Hall–Kier alpha value is -0.830. The number of nitrogens with zero attached hydrogens (tertiary/aromatic N) is 2. The van der Waals surface area contributed by atoms with E-state index in [0.717, 1.165) is 12.3 Å². The maximum atomic E-state index is 4.55. The lowest BCUT2D eigenvalue weighted by atomic mass is 9.96. The minimum Gasteiger partial charge on any atom is -0.312 e. The second kappa shape index (κ2) is 5.67. The fourth-order valence-electron chi connectivity index (χ4n) is 3.01. The zero-order valence-electron chi connectivity index (χ0n) is 11.4. The first-order valence-electron chi connectivity index (χ1n) is 6.94. The second-order valence-electron chi connectivity index (χ2n) is 5.27. The molecule has 0 amide bonds. The van der Waals surface area contributed by atoms with Crippen molar-refractivity contribution in [3.8, 4) is 0 Å². The van der Waals surface area contributed by atoms with Gasteiger partial charge in [0.25, 0.3) is 0 Å². The van der Waals surface area contributed by atoms with Crippen molar-refractivity contribution >= 4 is 0 Å². The fourth-order valence-corrected chi connectivity index (χ4v) is 3.01. The molecular weight excluding hydrogens is 210 g/mol. The van der Waals surface area contributed by atoms with E-state index >= 15 is 0 Å². The van der Waals surface area contributed by atoms with Crippen LogP contribution < -0.4 is 5.32 Å². The predicted molar refractivity (Wildman–Crippen MR) is 71.0 cm³/mol. The lowest BCUT2D eigenvalue weighted by Gasteiger charge is -2.20.